The van der Waals surface area contributed by atoms with Gasteiger partial charge in [-0.2, -0.15) is 0 Å². The first-order valence-electron chi connectivity index (χ1n) is 6.37. The average Bonchev–Trinajstić information content (AvgIpc) is 2.19. The second-order valence-corrected chi connectivity index (χ2v) is 5.08. The Hall–Kier alpha value is -0.0400. The topological polar surface area (TPSA) is 20.2 Å². The molecule has 4 atom stereocenters. The molecule has 0 saturated heterocycles. The molecule has 0 aromatic rings. The molecule has 1 heteroatoms. The maximum atomic E-state index is 9.98. The molecule has 0 aromatic carbocycles. The van der Waals surface area contributed by atoms with Crippen LogP contribution in [0, 0.1) is 17.8 Å². The molecule has 14 heavy (non-hydrogen) atoms. The van der Waals surface area contributed by atoms with Crippen molar-refractivity contribution in [2.45, 2.75) is 65.4 Å². The summed E-state index contributed by atoms with van der Waals surface area (Å²) >= 11 is 0. The Kier molecular flexibility index (Phi) is 4.94. The summed E-state index contributed by atoms with van der Waals surface area (Å²) in [4.78, 5) is 0. The molecule has 0 amide bonds. The van der Waals surface area contributed by atoms with Gasteiger partial charge in [0, 0.05) is 0 Å². The second kappa shape index (κ2) is 5.75. The van der Waals surface area contributed by atoms with E-state index >= 15 is 0 Å². The van der Waals surface area contributed by atoms with Gasteiger partial charge in [0.1, 0.15) is 0 Å². The van der Waals surface area contributed by atoms with Crippen LogP contribution in [-0.4, -0.2) is 11.2 Å². The molecule has 0 heterocycles. The Morgan fingerprint density at radius 2 is 2.00 bits per heavy atom. The standard InChI is InChI=1S/C13H26O/c1-4-6-10(3)12-9-11(5-2)7-8-13(12)14/h10-14H,4-9H2,1-3H3. The SMILES string of the molecule is CCCC(C)C1CC(CC)CCC1O. The first-order chi connectivity index (χ1) is 6.69. The summed E-state index contributed by atoms with van der Waals surface area (Å²) in [6.07, 6.45) is 7.35. The number of rotatable bonds is 4. The van der Waals surface area contributed by atoms with Crippen LogP contribution in [0.15, 0.2) is 0 Å². The average molecular weight is 198 g/mol. The number of hydrogen-bond donors (Lipinski definition) is 1. The van der Waals surface area contributed by atoms with Gasteiger partial charge in [0.05, 0.1) is 6.10 Å². The Morgan fingerprint density at radius 3 is 2.57 bits per heavy atom. The zero-order valence-electron chi connectivity index (χ0n) is 10.00. The Bertz CT molecular complexity index is 155. The van der Waals surface area contributed by atoms with Gasteiger partial charge in [-0.05, 0) is 37.0 Å². The lowest BCUT2D eigenvalue weighted by Crippen LogP contribution is -2.33. The van der Waals surface area contributed by atoms with E-state index in [1.807, 2.05) is 0 Å². The Labute approximate surface area is 88.9 Å². The number of aliphatic hydroxyl groups excluding tert-OH is 1. The lowest BCUT2D eigenvalue weighted by Gasteiger charge is -2.36. The second-order valence-electron chi connectivity index (χ2n) is 5.08. The molecule has 1 nitrogen and oxygen atoms in total. The highest BCUT2D eigenvalue weighted by molar-refractivity contribution is 4.82. The van der Waals surface area contributed by atoms with Crippen molar-refractivity contribution >= 4 is 0 Å². The monoisotopic (exact) mass is 198 g/mol. The molecular weight excluding hydrogens is 172 g/mol. The summed E-state index contributed by atoms with van der Waals surface area (Å²) in [5.74, 6) is 2.17. The lowest BCUT2D eigenvalue weighted by molar-refractivity contribution is 0.0179. The van der Waals surface area contributed by atoms with Gasteiger partial charge >= 0.3 is 0 Å². The normalized spacial score (nSPS) is 35.6. The molecule has 0 radical (unpaired) electrons. The largest absolute Gasteiger partial charge is 0.393 e. The fourth-order valence-corrected chi connectivity index (χ4v) is 2.93. The Balaban J connectivity index is 2.46. The molecule has 1 aliphatic rings. The van der Waals surface area contributed by atoms with Crippen molar-refractivity contribution in [1.29, 1.82) is 0 Å². The summed E-state index contributed by atoms with van der Waals surface area (Å²) in [5.41, 5.74) is 0. The van der Waals surface area contributed by atoms with Crippen molar-refractivity contribution in [3.63, 3.8) is 0 Å². The van der Waals surface area contributed by atoms with Crippen molar-refractivity contribution in [2.24, 2.45) is 17.8 Å². The highest BCUT2D eigenvalue weighted by Gasteiger charge is 2.31. The van der Waals surface area contributed by atoms with Crippen molar-refractivity contribution in [3.8, 4) is 0 Å². The van der Waals surface area contributed by atoms with Gasteiger partial charge in [-0.15, -0.1) is 0 Å². The smallest absolute Gasteiger partial charge is 0.0571 e. The highest BCUT2D eigenvalue weighted by atomic mass is 16.3. The molecule has 84 valence electrons. The van der Waals surface area contributed by atoms with Gasteiger partial charge in [0.2, 0.25) is 0 Å². The van der Waals surface area contributed by atoms with Crippen LogP contribution in [-0.2, 0) is 0 Å². The fraction of sp³-hybridized carbons (Fsp3) is 1.00. The number of aliphatic hydroxyl groups is 1. The summed E-state index contributed by atoms with van der Waals surface area (Å²) in [7, 11) is 0. The van der Waals surface area contributed by atoms with Crippen molar-refractivity contribution in [2.75, 3.05) is 0 Å². The molecule has 1 N–H and O–H groups in total. The molecular formula is C13H26O. The lowest BCUT2D eigenvalue weighted by atomic mass is 9.72. The summed E-state index contributed by atoms with van der Waals surface area (Å²) < 4.78 is 0. The van der Waals surface area contributed by atoms with Crippen LogP contribution in [0.2, 0.25) is 0 Å². The van der Waals surface area contributed by atoms with E-state index in [9.17, 15) is 5.11 Å². The third-order valence-electron chi connectivity index (χ3n) is 4.02. The van der Waals surface area contributed by atoms with Crippen molar-refractivity contribution in [1.82, 2.24) is 0 Å². The molecule has 0 spiro atoms. The number of hydrogen-bond acceptors (Lipinski definition) is 1. The zero-order valence-corrected chi connectivity index (χ0v) is 10.00. The van der Waals surface area contributed by atoms with Crippen LogP contribution in [0.3, 0.4) is 0 Å². The Morgan fingerprint density at radius 1 is 1.29 bits per heavy atom. The van der Waals surface area contributed by atoms with Crippen molar-refractivity contribution < 1.29 is 5.11 Å². The van der Waals surface area contributed by atoms with Crippen LogP contribution in [0.25, 0.3) is 0 Å². The minimum atomic E-state index is -0.0145. The quantitative estimate of drug-likeness (QED) is 0.731. The van der Waals surface area contributed by atoms with Crippen LogP contribution >= 0.6 is 0 Å². The van der Waals surface area contributed by atoms with E-state index in [2.05, 4.69) is 20.8 Å². The summed E-state index contributed by atoms with van der Waals surface area (Å²) in [6, 6.07) is 0. The van der Waals surface area contributed by atoms with Gasteiger partial charge in [-0.1, -0.05) is 40.0 Å². The van der Waals surface area contributed by atoms with Gasteiger partial charge in [-0.3, -0.25) is 0 Å². The van der Waals surface area contributed by atoms with E-state index in [0.717, 1.165) is 12.3 Å². The highest BCUT2D eigenvalue weighted by Crippen LogP contribution is 2.36. The summed E-state index contributed by atoms with van der Waals surface area (Å²) in [6.45, 7) is 6.84. The molecule has 4 unspecified atom stereocenters. The molecule has 1 fully saturated rings. The zero-order chi connectivity index (χ0) is 10.6. The van der Waals surface area contributed by atoms with Crippen molar-refractivity contribution in [3.05, 3.63) is 0 Å². The van der Waals surface area contributed by atoms with Gasteiger partial charge in [0.25, 0.3) is 0 Å². The third-order valence-corrected chi connectivity index (χ3v) is 4.02. The van der Waals surface area contributed by atoms with E-state index in [1.165, 1.54) is 32.1 Å². The molecule has 0 bridgehead atoms. The van der Waals surface area contributed by atoms with E-state index in [4.69, 9.17) is 0 Å². The van der Waals surface area contributed by atoms with E-state index < -0.39 is 0 Å². The summed E-state index contributed by atoms with van der Waals surface area (Å²) in [5, 5.41) is 9.98. The first-order valence-corrected chi connectivity index (χ1v) is 6.37. The van der Waals surface area contributed by atoms with Crippen LogP contribution < -0.4 is 0 Å². The minimum absolute atomic E-state index is 0.0145. The van der Waals surface area contributed by atoms with Gasteiger partial charge < -0.3 is 5.11 Å². The van der Waals surface area contributed by atoms with Crippen LogP contribution in [0.1, 0.15) is 59.3 Å². The third kappa shape index (κ3) is 2.98. The molecule has 1 aliphatic carbocycles. The van der Waals surface area contributed by atoms with Crippen LogP contribution in [0.5, 0.6) is 0 Å². The molecule has 1 saturated carbocycles. The minimum Gasteiger partial charge on any atom is -0.393 e. The fourth-order valence-electron chi connectivity index (χ4n) is 2.93. The maximum absolute atomic E-state index is 9.98. The molecule has 0 aromatic heterocycles. The molecule has 1 rings (SSSR count). The predicted molar refractivity (Wildman–Crippen MR) is 61.2 cm³/mol. The first kappa shape index (κ1) is 12.0. The molecule has 0 aliphatic heterocycles. The predicted octanol–water partition coefficient (Wildman–Crippen LogP) is 3.61. The maximum Gasteiger partial charge on any atom is 0.0571 e. The van der Waals surface area contributed by atoms with E-state index in [1.54, 1.807) is 0 Å². The van der Waals surface area contributed by atoms with E-state index in [-0.39, 0.29) is 6.10 Å². The van der Waals surface area contributed by atoms with Crippen LogP contribution in [0.4, 0.5) is 0 Å². The van der Waals surface area contributed by atoms with Gasteiger partial charge in [0.15, 0.2) is 0 Å². The van der Waals surface area contributed by atoms with Gasteiger partial charge in [-0.25, -0.2) is 0 Å². The van der Waals surface area contributed by atoms with E-state index in [0.29, 0.717) is 11.8 Å².